The first-order chi connectivity index (χ1) is 12.2. The number of carbonyl (C=O) groups excluding carboxylic acids is 1. The van der Waals surface area contributed by atoms with Crippen molar-refractivity contribution in [3.8, 4) is 5.75 Å². The van der Waals surface area contributed by atoms with Crippen molar-refractivity contribution in [2.75, 3.05) is 37.7 Å². The molecular weight excluding hydrogens is 332 g/mol. The third-order valence-corrected chi connectivity index (χ3v) is 6.49. The van der Waals surface area contributed by atoms with Gasteiger partial charge in [0.1, 0.15) is 5.75 Å². The summed E-state index contributed by atoms with van der Waals surface area (Å²) in [7, 11) is 0. The van der Waals surface area contributed by atoms with Crippen LogP contribution in [-0.4, -0.2) is 54.1 Å². The molecule has 1 saturated carbocycles. The molecule has 2 fully saturated rings. The van der Waals surface area contributed by atoms with Crippen molar-refractivity contribution in [2.45, 2.75) is 44.6 Å². The summed E-state index contributed by atoms with van der Waals surface area (Å²) in [5, 5.41) is 3.16. The number of thioether (sulfide) groups is 1. The molecule has 0 aromatic heterocycles. The van der Waals surface area contributed by atoms with Crippen molar-refractivity contribution in [1.82, 2.24) is 10.2 Å². The third kappa shape index (κ3) is 4.70. The first kappa shape index (κ1) is 18.6. The second-order valence-corrected chi connectivity index (χ2v) is 8.28. The van der Waals surface area contributed by atoms with Gasteiger partial charge in [-0.3, -0.25) is 9.69 Å². The molecule has 0 unspecified atom stereocenters. The smallest absolute Gasteiger partial charge is 0.258 e. The van der Waals surface area contributed by atoms with Gasteiger partial charge in [-0.15, -0.1) is 0 Å². The van der Waals surface area contributed by atoms with E-state index in [4.69, 9.17) is 4.74 Å². The molecule has 0 bridgehead atoms. The van der Waals surface area contributed by atoms with Crippen molar-refractivity contribution in [1.29, 1.82) is 0 Å². The number of aryl methyl sites for hydroxylation is 1. The van der Waals surface area contributed by atoms with E-state index in [0.717, 1.165) is 37.4 Å². The summed E-state index contributed by atoms with van der Waals surface area (Å²) in [5.74, 6) is 3.24. The van der Waals surface area contributed by atoms with Crippen LogP contribution in [0.15, 0.2) is 24.3 Å². The van der Waals surface area contributed by atoms with E-state index < -0.39 is 0 Å². The fourth-order valence-corrected chi connectivity index (χ4v) is 4.97. The number of benzene rings is 1. The van der Waals surface area contributed by atoms with Gasteiger partial charge in [-0.1, -0.05) is 38.0 Å². The summed E-state index contributed by atoms with van der Waals surface area (Å²) in [6, 6.07) is 7.95. The van der Waals surface area contributed by atoms with Crippen molar-refractivity contribution in [2.24, 2.45) is 0 Å². The van der Waals surface area contributed by atoms with Gasteiger partial charge in [-0.2, -0.15) is 11.8 Å². The van der Waals surface area contributed by atoms with Gasteiger partial charge in [0.2, 0.25) is 0 Å². The van der Waals surface area contributed by atoms with Gasteiger partial charge >= 0.3 is 0 Å². The first-order valence-electron chi connectivity index (χ1n) is 9.54. The molecule has 1 aliphatic carbocycles. The van der Waals surface area contributed by atoms with Crippen LogP contribution < -0.4 is 10.1 Å². The number of hydrogen-bond donors (Lipinski definition) is 1. The van der Waals surface area contributed by atoms with Crippen molar-refractivity contribution in [3.63, 3.8) is 0 Å². The van der Waals surface area contributed by atoms with Crippen LogP contribution in [0.25, 0.3) is 0 Å². The Kier molecular flexibility index (Phi) is 6.65. The molecule has 0 radical (unpaired) electrons. The highest BCUT2D eigenvalue weighted by molar-refractivity contribution is 7.99. The van der Waals surface area contributed by atoms with Crippen LogP contribution in [0.4, 0.5) is 0 Å². The van der Waals surface area contributed by atoms with E-state index in [1.54, 1.807) is 0 Å². The number of nitrogens with zero attached hydrogens (tertiary/aromatic N) is 1. The van der Waals surface area contributed by atoms with Gasteiger partial charge in [-0.05, 0) is 30.9 Å². The van der Waals surface area contributed by atoms with E-state index in [1.165, 1.54) is 37.2 Å². The van der Waals surface area contributed by atoms with Crippen LogP contribution in [0.1, 0.15) is 38.2 Å². The van der Waals surface area contributed by atoms with E-state index >= 15 is 0 Å². The standard InChI is InChI=1S/C20H30N2O2S/c1-2-17-7-3-4-8-18(17)24-15-19(23)21-16-20(9-5-6-10-20)22-11-13-25-14-12-22/h3-4,7-8H,2,5-6,9-16H2,1H3,(H,21,23). The molecule has 1 aliphatic heterocycles. The average molecular weight is 363 g/mol. The SMILES string of the molecule is CCc1ccccc1OCC(=O)NCC1(N2CCSCC2)CCCC1. The quantitative estimate of drug-likeness (QED) is 0.809. The van der Waals surface area contributed by atoms with Crippen LogP contribution in [0, 0.1) is 0 Å². The maximum absolute atomic E-state index is 12.3. The fourth-order valence-electron chi connectivity index (χ4n) is 4.07. The molecule has 1 N–H and O–H groups in total. The van der Waals surface area contributed by atoms with E-state index in [9.17, 15) is 4.79 Å². The Balaban J connectivity index is 1.51. The van der Waals surface area contributed by atoms with Gasteiger partial charge in [-0.25, -0.2) is 0 Å². The zero-order valence-electron chi connectivity index (χ0n) is 15.3. The number of para-hydroxylation sites is 1. The van der Waals surface area contributed by atoms with Crippen LogP contribution in [0.5, 0.6) is 5.75 Å². The Morgan fingerprint density at radius 3 is 2.68 bits per heavy atom. The molecule has 1 saturated heterocycles. The summed E-state index contributed by atoms with van der Waals surface area (Å²) in [6.07, 6.45) is 5.88. The Morgan fingerprint density at radius 2 is 1.96 bits per heavy atom. The number of carbonyl (C=O) groups is 1. The molecule has 5 heteroatoms. The molecule has 0 spiro atoms. The van der Waals surface area contributed by atoms with Crippen molar-refractivity contribution in [3.05, 3.63) is 29.8 Å². The van der Waals surface area contributed by atoms with Gasteiger partial charge in [0.05, 0.1) is 0 Å². The van der Waals surface area contributed by atoms with Gasteiger partial charge in [0.15, 0.2) is 6.61 Å². The lowest BCUT2D eigenvalue weighted by atomic mass is 9.94. The summed E-state index contributed by atoms with van der Waals surface area (Å²) >= 11 is 2.04. The maximum atomic E-state index is 12.3. The maximum Gasteiger partial charge on any atom is 0.258 e. The van der Waals surface area contributed by atoms with Crippen LogP contribution in [0.3, 0.4) is 0 Å². The number of amides is 1. The van der Waals surface area contributed by atoms with E-state index in [-0.39, 0.29) is 18.1 Å². The molecule has 1 amide bonds. The van der Waals surface area contributed by atoms with Crippen LogP contribution in [0.2, 0.25) is 0 Å². The number of rotatable bonds is 7. The van der Waals surface area contributed by atoms with Gasteiger partial charge in [0, 0.05) is 36.7 Å². The molecule has 2 aliphatic rings. The largest absolute Gasteiger partial charge is 0.483 e. The molecular formula is C20H30N2O2S. The molecule has 3 rings (SSSR count). The predicted molar refractivity (Wildman–Crippen MR) is 104 cm³/mol. The zero-order valence-corrected chi connectivity index (χ0v) is 16.1. The fraction of sp³-hybridized carbons (Fsp3) is 0.650. The van der Waals surface area contributed by atoms with Crippen LogP contribution in [-0.2, 0) is 11.2 Å². The zero-order chi connectivity index (χ0) is 17.5. The Labute approximate surface area is 155 Å². The van der Waals surface area contributed by atoms with Crippen molar-refractivity contribution >= 4 is 17.7 Å². The lowest BCUT2D eigenvalue weighted by molar-refractivity contribution is -0.123. The Morgan fingerprint density at radius 1 is 1.24 bits per heavy atom. The Bertz CT molecular complexity index is 567. The molecule has 138 valence electrons. The lowest BCUT2D eigenvalue weighted by Gasteiger charge is -2.43. The van der Waals surface area contributed by atoms with Gasteiger partial charge < -0.3 is 10.1 Å². The minimum absolute atomic E-state index is 0.0106. The molecule has 1 aromatic carbocycles. The second kappa shape index (κ2) is 8.95. The molecule has 0 atom stereocenters. The minimum atomic E-state index is -0.0106. The highest BCUT2D eigenvalue weighted by Gasteiger charge is 2.40. The number of hydrogen-bond acceptors (Lipinski definition) is 4. The summed E-state index contributed by atoms with van der Waals surface area (Å²) < 4.78 is 5.75. The topological polar surface area (TPSA) is 41.6 Å². The first-order valence-corrected chi connectivity index (χ1v) is 10.7. The van der Waals surface area contributed by atoms with Gasteiger partial charge in [0.25, 0.3) is 5.91 Å². The molecule has 1 heterocycles. The average Bonchev–Trinajstić information content (AvgIpc) is 3.16. The third-order valence-electron chi connectivity index (χ3n) is 5.54. The molecule has 1 aromatic rings. The molecule has 4 nitrogen and oxygen atoms in total. The summed E-state index contributed by atoms with van der Waals surface area (Å²) in [4.78, 5) is 15.0. The second-order valence-electron chi connectivity index (χ2n) is 7.06. The lowest BCUT2D eigenvalue weighted by Crippen LogP contribution is -2.56. The number of nitrogens with one attached hydrogen (secondary N) is 1. The van der Waals surface area contributed by atoms with E-state index in [1.807, 2.05) is 30.0 Å². The summed E-state index contributed by atoms with van der Waals surface area (Å²) in [6.45, 7) is 5.27. The van der Waals surface area contributed by atoms with Crippen LogP contribution >= 0.6 is 11.8 Å². The summed E-state index contributed by atoms with van der Waals surface area (Å²) in [5.41, 5.74) is 1.33. The highest BCUT2D eigenvalue weighted by atomic mass is 32.2. The normalized spacial score (nSPS) is 20.4. The van der Waals surface area contributed by atoms with Crippen molar-refractivity contribution < 1.29 is 9.53 Å². The Hall–Kier alpha value is -1.20. The van der Waals surface area contributed by atoms with E-state index in [0.29, 0.717) is 0 Å². The van der Waals surface area contributed by atoms with E-state index in [2.05, 4.69) is 23.2 Å². The number of ether oxygens (including phenoxy) is 1. The predicted octanol–water partition coefficient (Wildman–Crippen LogP) is 3.11. The highest BCUT2D eigenvalue weighted by Crippen LogP contribution is 2.36. The monoisotopic (exact) mass is 362 g/mol. The molecule has 25 heavy (non-hydrogen) atoms. The minimum Gasteiger partial charge on any atom is -0.483 e.